The molecule has 10 heteroatoms. The van der Waals surface area contributed by atoms with E-state index in [2.05, 4.69) is 15.2 Å². The predicted molar refractivity (Wildman–Crippen MR) is 68.0 cm³/mol. The number of benzene rings is 1. The van der Waals surface area contributed by atoms with E-state index in [0.717, 1.165) is 12.1 Å². The molecule has 0 aliphatic heterocycles. The average Bonchev–Trinajstić information content (AvgIpc) is 2.42. The molecule has 1 heterocycles. The van der Waals surface area contributed by atoms with E-state index in [-0.39, 0.29) is 16.5 Å². The van der Waals surface area contributed by atoms with Gasteiger partial charge in [0.25, 0.3) is 16.0 Å². The van der Waals surface area contributed by atoms with Crippen molar-refractivity contribution in [1.29, 1.82) is 0 Å². The van der Waals surface area contributed by atoms with E-state index in [1.807, 2.05) is 4.72 Å². The van der Waals surface area contributed by atoms with E-state index in [1.165, 1.54) is 12.4 Å². The lowest BCUT2D eigenvalue weighted by Crippen LogP contribution is -2.16. The molecule has 0 bridgehead atoms. The second-order valence-electron chi connectivity index (χ2n) is 3.61. The van der Waals surface area contributed by atoms with Crippen LogP contribution in [-0.2, 0) is 16.6 Å². The molecule has 0 aliphatic carbocycles. The van der Waals surface area contributed by atoms with Crippen molar-refractivity contribution >= 4 is 27.6 Å². The maximum absolute atomic E-state index is 13.5. The number of aromatic nitrogens is 3. The first-order valence-corrected chi connectivity index (χ1v) is 7.05. The molecule has 0 amide bonds. The summed E-state index contributed by atoms with van der Waals surface area (Å²) in [6.07, 6.45) is 2.51. The minimum atomic E-state index is -4.11. The van der Waals surface area contributed by atoms with Crippen molar-refractivity contribution in [3.63, 3.8) is 0 Å². The SMILES string of the molecule is O=S(=O)(Nc1nccnn1)c1cc(F)c(Cl)c(CO)c1. The highest BCUT2D eigenvalue weighted by atomic mass is 35.5. The number of aliphatic hydroxyl groups is 1. The monoisotopic (exact) mass is 318 g/mol. The van der Waals surface area contributed by atoms with Crippen LogP contribution in [0.15, 0.2) is 29.4 Å². The Labute approximate surface area is 118 Å². The molecule has 7 nitrogen and oxygen atoms in total. The molecular weight excluding hydrogens is 311 g/mol. The van der Waals surface area contributed by atoms with Gasteiger partial charge >= 0.3 is 0 Å². The molecule has 2 aromatic rings. The van der Waals surface area contributed by atoms with Crippen LogP contribution in [-0.4, -0.2) is 28.7 Å². The fourth-order valence-corrected chi connectivity index (χ4v) is 2.54. The third-order valence-corrected chi connectivity index (χ3v) is 4.00. The maximum Gasteiger partial charge on any atom is 0.264 e. The van der Waals surface area contributed by atoms with Crippen LogP contribution < -0.4 is 4.72 Å². The number of anilines is 1. The summed E-state index contributed by atoms with van der Waals surface area (Å²) >= 11 is 5.59. The molecular formula is C10H8ClFN4O3S. The molecule has 1 aromatic heterocycles. The first-order valence-electron chi connectivity index (χ1n) is 5.19. The molecule has 2 N–H and O–H groups in total. The van der Waals surface area contributed by atoms with Crippen molar-refractivity contribution in [1.82, 2.24) is 15.2 Å². The van der Waals surface area contributed by atoms with Gasteiger partial charge in [-0.15, -0.1) is 5.10 Å². The van der Waals surface area contributed by atoms with Crippen LogP contribution in [0.1, 0.15) is 5.56 Å². The topological polar surface area (TPSA) is 105 Å². The third kappa shape index (κ3) is 3.00. The van der Waals surface area contributed by atoms with Gasteiger partial charge in [0.2, 0.25) is 0 Å². The molecule has 0 spiro atoms. The highest BCUT2D eigenvalue weighted by molar-refractivity contribution is 7.92. The number of hydrogen-bond donors (Lipinski definition) is 2. The molecule has 0 fully saturated rings. The number of rotatable bonds is 4. The van der Waals surface area contributed by atoms with Gasteiger partial charge in [0.1, 0.15) is 5.82 Å². The number of sulfonamides is 1. The van der Waals surface area contributed by atoms with Gasteiger partial charge in [0, 0.05) is 5.56 Å². The lowest BCUT2D eigenvalue weighted by atomic mass is 10.2. The summed E-state index contributed by atoms with van der Waals surface area (Å²) in [4.78, 5) is 3.23. The van der Waals surface area contributed by atoms with Crippen molar-refractivity contribution in [3.8, 4) is 0 Å². The van der Waals surface area contributed by atoms with Crippen LogP contribution >= 0.6 is 11.6 Å². The number of nitrogens with one attached hydrogen (secondary N) is 1. The predicted octanol–water partition coefficient (Wildman–Crippen LogP) is 0.957. The van der Waals surface area contributed by atoms with Gasteiger partial charge in [-0.25, -0.2) is 22.5 Å². The number of nitrogens with zero attached hydrogens (tertiary/aromatic N) is 3. The fourth-order valence-electron chi connectivity index (χ4n) is 1.36. The molecule has 0 unspecified atom stereocenters. The van der Waals surface area contributed by atoms with Crippen LogP contribution in [0.25, 0.3) is 0 Å². The van der Waals surface area contributed by atoms with Gasteiger partial charge in [0.15, 0.2) is 0 Å². The van der Waals surface area contributed by atoms with Crippen LogP contribution in [0.4, 0.5) is 10.3 Å². The van der Waals surface area contributed by atoms with Gasteiger partial charge in [-0.3, -0.25) is 0 Å². The van der Waals surface area contributed by atoms with Crippen molar-refractivity contribution < 1.29 is 17.9 Å². The Hall–Kier alpha value is -1.84. The Balaban J connectivity index is 2.42. The van der Waals surface area contributed by atoms with Crippen molar-refractivity contribution in [2.45, 2.75) is 11.5 Å². The molecule has 106 valence electrons. The van der Waals surface area contributed by atoms with E-state index in [0.29, 0.717) is 0 Å². The zero-order valence-electron chi connectivity index (χ0n) is 9.79. The van der Waals surface area contributed by atoms with E-state index in [1.54, 1.807) is 0 Å². The summed E-state index contributed by atoms with van der Waals surface area (Å²) in [6.45, 7) is -0.595. The first kappa shape index (κ1) is 14.6. The summed E-state index contributed by atoms with van der Waals surface area (Å²) in [5.74, 6) is -1.21. The molecule has 0 saturated heterocycles. The van der Waals surface area contributed by atoms with E-state index >= 15 is 0 Å². The highest BCUT2D eigenvalue weighted by Crippen LogP contribution is 2.25. The summed E-state index contributed by atoms with van der Waals surface area (Å²) in [7, 11) is -4.11. The standard InChI is InChI=1S/C10H8ClFN4O3S/c11-9-6(5-17)3-7(4-8(9)12)20(18,19)16-10-13-1-2-14-15-10/h1-4,17H,5H2,(H,13,15,16). The minimum Gasteiger partial charge on any atom is -0.392 e. The van der Waals surface area contributed by atoms with Crippen molar-refractivity contribution in [3.05, 3.63) is 40.9 Å². The lowest BCUT2D eigenvalue weighted by molar-refractivity contribution is 0.281. The molecule has 0 atom stereocenters. The van der Waals surface area contributed by atoms with Gasteiger partial charge < -0.3 is 5.11 Å². The van der Waals surface area contributed by atoms with Gasteiger partial charge in [-0.2, -0.15) is 5.10 Å². The maximum atomic E-state index is 13.5. The second-order valence-corrected chi connectivity index (χ2v) is 5.67. The van der Waals surface area contributed by atoms with Crippen LogP contribution in [0.2, 0.25) is 5.02 Å². The van der Waals surface area contributed by atoms with Gasteiger partial charge in [-0.05, 0) is 12.1 Å². The van der Waals surface area contributed by atoms with E-state index in [9.17, 15) is 12.8 Å². The molecule has 0 radical (unpaired) electrons. The third-order valence-electron chi connectivity index (χ3n) is 2.27. The normalized spacial score (nSPS) is 11.3. The van der Waals surface area contributed by atoms with Crippen molar-refractivity contribution in [2.24, 2.45) is 0 Å². The van der Waals surface area contributed by atoms with Crippen molar-refractivity contribution in [2.75, 3.05) is 4.72 Å². The van der Waals surface area contributed by atoms with E-state index in [4.69, 9.17) is 16.7 Å². The molecule has 0 saturated carbocycles. The lowest BCUT2D eigenvalue weighted by Gasteiger charge is -2.09. The molecule has 1 aromatic carbocycles. The molecule has 20 heavy (non-hydrogen) atoms. The van der Waals surface area contributed by atoms with Gasteiger partial charge in [0.05, 0.1) is 28.9 Å². The summed E-state index contributed by atoms with van der Waals surface area (Å²) in [6, 6.07) is 1.80. The Morgan fingerprint density at radius 1 is 1.35 bits per heavy atom. The fraction of sp³-hybridized carbons (Fsp3) is 0.100. The summed E-state index contributed by atoms with van der Waals surface area (Å²) in [5.41, 5.74) is -0.0425. The Bertz CT molecular complexity index is 727. The zero-order valence-corrected chi connectivity index (χ0v) is 11.4. The average molecular weight is 319 g/mol. The number of halogens is 2. The number of aliphatic hydroxyl groups excluding tert-OH is 1. The van der Waals surface area contributed by atoms with Crippen LogP contribution in [0.3, 0.4) is 0 Å². The summed E-state index contributed by atoms with van der Waals surface area (Å²) in [5, 5.41) is 15.6. The highest BCUT2D eigenvalue weighted by Gasteiger charge is 2.20. The number of hydrogen-bond acceptors (Lipinski definition) is 6. The quantitative estimate of drug-likeness (QED) is 0.870. The van der Waals surface area contributed by atoms with Crippen LogP contribution in [0.5, 0.6) is 0 Å². The Morgan fingerprint density at radius 2 is 2.10 bits per heavy atom. The first-order chi connectivity index (χ1) is 9.44. The van der Waals surface area contributed by atoms with Crippen LogP contribution in [0, 0.1) is 5.82 Å². The minimum absolute atomic E-state index is 0.0425. The van der Waals surface area contributed by atoms with Gasteiger partial charge in [-0.1, -0.05) is 11.6 Å². The largest absolute Gasteiger partial charge is 0.392 e. The Kier molecular flexibility index (Phi) is 4.12. The smallest absolute Gasteiger partial charge is 0.264 e. The zero-order chi connectivity index (χ0) is 14.8. The van der Waals surface area contributed by atoms with E-state index < -0.39 is 27.3 Å². The molecule has 2 rings (SSSR count). The molecule has 0 aliphatic rings. The second kappa shape index (κ2) is 5.65. The Morgan fingerprint density at radius 3 is 2.70 bits per heavy atom. The summed E-state index contributed by atoms with van der Waals surface area (Å²) < 4.78 is 39.6.